The lowest BCUT2D eigenvalue weighted by molar-refractivity contribution is -0.129. The highest BCUT2D eigenvalue weighted by Crippen LogP contribution is 2.23. The van der Waals surface area contributed by atoms with E-state index in [9.17, 15) is 9.59 Å². The number of aromatic nitrogens is 2. The molecule has 0 radical (unpaired) electrons. The molecule has 7 nitrogen and oxygen atoms in total. The molecule has 2 rings (SSSR count). The van der Waals surface area contributed by atoms with Gasteiger partial charge in [-0.25, -0.2) is 14.8 Å². The Bertz CT molecular complexity index is 501. The second-order valence-corrected chi connectivity index (χ2v) is 4.85. The van der Waals surface area contributed by atoms with Crippen LogP contribution in [-0.2, 0) is 9.53 Å². The summed E-state index contributed by atoms with van der Waals surface area (Å²) in [6.45, 7) is 0.738. The van der Waals surface area contributed by atoms with E-state index < -0.39 is 5.97 Å². The Labute approximate surface area is 117 Å². The lowest BCUT2D eigenvalue weighted by Gasteiger charge is -2.26. The first-order valence-electron chi connectivity index (χ1n) is 6.42. The van der Waals surface area contributed by atoms with Crippen molar-refractivity contribution in [3.8, 4) is 0 Å². The van der Waals surface area contributed by atoms with Crippen molar-refractivity contribution in [3.63, 3.8) is 0 Å². The fourth-order valence-electron chi connectivity index (χ4n) is 2.25. The maximum absolute atomic E-state index is 12.1. The van der Waals surface area contributed by atoms with Gasteiger partial charge in [-0.05, 0) is 12.8 Å². The Kier molecular flexibility index (Phi) is 4.16. The van der Waals surface area contributed by atoms with E-state index >= 15 is 0 Å². The van der Waals surface area contributed by atoms with Crippen LogP contribution in [0.15, 0.2) is 12.4 Å². The zero-order chi connectivity index (χ0) is 14.7. The first-order chi connectivity index (χ1) is 9.54. The number of nitrogens with zero attached hydrogens (tertiary/aromatic N) is 4. The summed E-state index contributed by atoms with van der Waals surface area (Å²) >= 11 is 0. The van der Waals surface area contributed by atoms with Crippen LogP contribution in [0.3, 0.4) is 0 Å². The number of hydrogen-bond donors (Lipinski definition) is 0. The lowest BCUT2D eigenvalue weighted by Crippen LogP contribution is -2.43. The molecular weight excluding hydrogens is 260 g/mol. The van der Waals surface area contributed by atoms with Crippen LogP contribution in [-0.4, -0.2) is 60.5 Å². The van der Waals surface area contributed by atoms with Gasteiger partial charge in [-0.3, -0.25) is 4.79 Å². The minimum atomic E-state index is -0.473. The number of rotatable bonds is 3. The van der Waals surface area contributed by atoms with Crippen LogP contribution in [0.5, 0.6) is 0 Å². The van der Waals surface area contributed by atoms with Crippen molar-refractivity contribution >= 4 is 17.8 Å². The molecule has 0 spiro atoms. The van der Waals surface area contributed by atoms with E-state index in [4.69, 9.17) is 0 Å². The van der Waals surface area contributed by atoms with Crippen LogP contribution < -0.4 is 4.90 Å². The van der Waals surface area contributed by atoms with E-state index in [1.54, 1.807) is 19.0 Å². The Morgan fingerprint density at radius 3 is 2.55 bits per heavy atom. The van der Waals surface area contributed by atoms with Crippen LogP contribution in [0.2, 0.25) is 0 Å². The number of ether oxygens (including phenoxy) is 1. The van der Waals surface area contributed by atoms with Gasteiger partial charge in [-0.15, -0.1) is 0 Å². The summed E-state index contributed by atoms with van der Waals surface area (Å²) in [6.07, 6.45) is 4.55. The van der Waals surface area contributed by atoms with E-state index in [2.05, 4.69) is 14.7 Å². The predicted molar refractivity (Wildman–Crippen MR) is 72.4 cm³/mol. The first-order valence-corrected chi connectivity index (χ1v) is 6.42. The Morgan fingerprint density at radius 2 is 2.00 bits per heavy atom. The summed E-state index contributed by atoms with van der Waals surface area (Å²) in [5.74, 6) is 0.0392. The van der Waals surface area contributed by atoms with Crippen molar-refractivity contribution < 1.29 is 14.3 Å². The highest BCUT2D eigenvalue weighted by Gasteiger charge is 2.33. The topological polar surface area (TPSA) is 75.6 Å². The monoisotopic (exact) mass is 278 g/mol. The molecule has 1 saturated heterocycles. The van der Waals surface area contributed by atoms with Gasteiger partial charge in [-0.2, -0.15) is 0 Å². The predicted octanol–water partition coefficient (Wildman–Crippen LogP) is 0.320. The molecule has 1 amide bonds. The summed E-state index contributed by atoms with van der Waals surface area (Å²) in [5, 5.41) is 0. The molecule has 0 saturated carbocycles. The van der Waals surface area contributed by atoms with Crippen LogP contribution in [0, 0.1) is 0 Å². The van der Waals surface area contributed by atoms with E-state index in [-0.39, 0.29) is 11.9 Å². The van der Waals surface area contributed by atoms with Gasteiger partial charge in [-0.1, -0.05) is 0 Å². The van der Waals surface area contributed by atoms with Crippen molar-refractivity contribution in [2.45, 2.75) is 18.9 Å². The average Bonchev–Trinajstić information content (AvgIpc) is 2.94. The number of hydrogen-bond acceptors (Lipinski definition) is 6. The summed E-state index contributed by atoms with van der Waals surface area (Å²) in [4.78, 5) is 35.2. The van der Waals surface area contributed by atoms with Crippen LogP contribution in [0.4, 0.5) is 5.95 Å². The Hall–Kier alpha value is -2.18. The highest BCUT2D eigenvalue weighted by molar-refractivity contribution is 5.88. The largest absolute Gasteiger partial charge is 0.465 e. The summed E-state index contributed by atoms with van der Waals surface area (Å²) < 4.78 is 4.60. The van der Waals surface area contributed by atoms with Gasteiger partial charge in [0.25, 0.3) is 0 Å². The molecule has 1 aliphatic heterocycles. The maximum atomic E-state index is 12.1. The molecule has 0 N–H and O–H groups in total. The number of anilines is 1. The smallest absolute Gasteiger partial charge is 0.341 e. The van der Waals surface area contributed by atoms with Gasteiger partial charge in [0.15, 0.2) is 0 Å². The van der Waals surface area contributed by atoms with Crippen molar-refractivity contribution in [2.75, 3.05) is 32.6 Å². The molecule has 0 bridgehead atoms. The Balaban J connectivity index is 2.18. The van der Waals surface area contributed by atoms with Crippen LogP contribution in [0.25, 0.3) is 0 Å². The molecule has 108 valence electrons. The molecule has 1 unspecified atom stereocenters. The highest BCUT2D eigenvalue weighted by atomic mass is 16.5. The third kappa shape index (κ3) is 2.71. The van der Waals surface area contributed by atoms with Crippen molar-refractivity contribution in [2.24, 2.45) is 0 Å². The molecule has 1 fully saturated rings. The average molecular weight is 278 g/mol. The van der Waals surface area contributed by atoms with Crippen LogP contribution >= 0.6 is 0 Å². The molecule has 0 aromatic carbocycles. The number of amides is 1. The van der Waals surface area contributed by atoms with Crippen LogP contribution in [0.1, 0.15) is 23.2 Å². The summed E-state index contributed by atoms with van der Waals surface area (Å²) in [5.41, 5.74) is 0.297. The van der Waals surface area contributed by atoms with Gasteiger partial charge in [0.05, 0.1) is 12.7 Å². The van der Waals surface area contributed by atoms with E-state index in [0.717, 1.165) is 19.4 Å². The molecule has 1 aromatic heterocycles. The van der Waals surface area contributed by atoms with Gasteiger partial charge < -0.3 is 14.5 Å². The normalized spacial score (nSPS) is 17.9. The molecule has 1 aromatic rings. The SMILES string of the molecule is COC(=O)c1cnc(N2CCCC2C(=O)N(C)C)nc1. The van der Waals surface area contributed by atoms with Crippen molar-refractivity contribution in [1.82, 2.24) is 14.9 Å². The number of carbonyl (C=O) groups excluding carboxylic acids is 2. The molecule has 1 aliphatic rings. The fraction of sp³-hybridized carbons (Fsp3) is 0.538. The number of methoxy groups -OCH3 is 1. The third-order valence-corrected chi connectivity index (χ3v) is 3.29. The summed E-state index contributed by atoms with van der Waals surface area (Å²) in [7, 11) is 4.78. The minimum Gasteiger partial charge on any atom is -0.465 e. The number of carbonyl (C=O) groups is 2. The zero-order valence-electron chi connectivity index (χ0n) is 11.9. The van der Waals surface area contributed by atoms with Crippen molar-refractivity contribution in [1.29, 1.82) is 0 Å². The summed E-state index contributed by atoms with van der Waals surface area (Å²) in [6, 6.07) is -0.228. The second kappa shape index (κ2) is 5.85. The minimum absolute atomic E-state index is 0.0446. The molecule has 1 atom stereocenters. The molecule has 2 heterocycles. The first kappa shape index (κ1) is 14.2. The zero-order valence-corrected chi connectivity index (χ0v) is 11.9. The Morgan fingerprint density at radius 1 is 1.35 bits per heavy atom. The van der Waals surface area contributed by atoms with Gasteiger partial charge in [0.1, 0.15) is 6.04 Å². The van der Waals surface area contributed by atoms with Crippen molar-refractivity contribution in [3.05, 3.63) is 18.0 Å². The maximum Gasteiger partial charge on any atom is 0.341 e. The molecular formula is C13H18N4O3. The van der Waals surface area contributed by atoms with Gasteiger partial charge >= 0.3 is 5.97 Å². The molecule has 0 aliphatic carbocycles. The van der Waals surface area contributed by atoms with Gasteiger partial charge in [0.2, 0.25) is 11.9 Å². The van der Waals surface area contributed by atoms with Gasteiger partial charge in [0, 0.05) is 33.0 Å². The number of likely N-dealkylation sites (N-methyl/N-ethyl adjacent to an activating group) is 1. The second-order valence-electron chi connectivity index (χ2n) is 4.85. The van der Waals surface area contributed by atoms with E-state index in [1.165, 1.54) is 19.5 Å². The fourth-order valence-corrected chi connectivity index (χ4v) is 2.25. The third-order valence-electron chi connectivity index (χ3n) is 3.29. The molecule has 7 heteroatoms. The standard InChI is InChI=1S/C13H18N4O3/c1-16(2)11(18)10-5-4-6-17(10)13-14-7-9(8-15-13)12(19)20-3/h7-8,10H,4-6H2,1-3H3. The van der Waals surface area contributed by atoms with E-state index in [1.807, 2.05) is 4.90 Å². The molecule has 20 heavy (non-hydrogen) atoms. The van der Waals surface area contributed by atoms with E-state index in [0.29, 0.717) is 11.5 Å². The number of esters is 1. The lowest BCUT2D eigenvalue weighted by atomic mass is 10.2. The quantitative estimate of drug-likeness (QED) is 0.741.